The summed E-state index contributed by atoms with van der Waals surface area (Å²) < 4.78 is 20.5. The summed E-state index contributed by atoms with van der Waals surface area (Å²) >= 11 is 3.43. The molecule has 1 aromatic carbocycles. The van der Waals surface area contributed by atoms with Gasteiger partial charge < -0.3 is 10.1 Å². The summed E-state index contributed by atoms with van der Waals surface area (Å²) in [5, 5.41) is 3.21. The number of ether oxygens (including phenoxy) is 1. The van der Waals surface area contributed by atoms with E-state index in [0.717, 1.165) is 23.0 Å². The molecule has 100 valence electrons. The fraction of sp³-hybridized carbons (Fsp3) is 0.571. The molecule has 1 aliphatic heterocycles. The molecule has 0 bridgehead atoms. The molecule has 0 aromatic heterocycles. The molecule has 1 aromatic rings. The van der Waals surface area contributed by atoms with E-state index in [9.17, 15) is 4.39 Å². The van der Waals surface area contributed by atoms with Gasteiger partial charge in [-0.15, -0.1) is 0 Å². The third kappa shape index (κ3) is 2.33. The predicted octanol–water partition coefficient (Wildman–Crippen LogP) is 3.10. The van der Waals surface area contributed by atoms with Crippen molar-refractivity contribution in [2.45, 2.75) is 18.8 Å². The molecule has 1 N–H and O–H groups in total. The monoisotopic (exact) mass is 315 g/mol. The number of benzene rings is 1. The average molecular weight is 316 g/mol. The molecule has 0 saturated carbocycles. The van der Waals surface area contributed by atoms with Crippen LogP contribution in [0.5, 0.6) is 0 Å². The van der Waals surface area contributed by atoms with E-state index >= 15 is 0 Å². The standard InChI is InChI=1S/C14H19BrFNO/c1-3-10(7-17-2)14(8-18-9-14)12-6-11(15)4-5-13(12)16/h4-6,10,17H,3,7-9H2,1-2H3. The van der Waals surface area contributed by atoms with Gasteiger partial charge in [0.15, 0.2) is 0 Å². The van der Waals surface area contributed by atoms with Gasteiger partial charge in [0.25, 0.3) is 0 Å². The fourth-order valence-corrected chi connectivity index (χ4v) is 3.15. The van der Waals surface area contributed by atoms with Gasteiger partial charge in [-0.3, -0.25) is 0 Å². The highest BCUT2D eigenvalue weighted by Gasteiger charge is 2.47. The van der Waals surface area contributed by atoms with Gasteiger partial charge in [-0.05, 0) is 37.7 Å². The zero-order chi connectivity index (χ0) is 13.2. The highest BCUT2D eigenvalue weighted by atomic mass is 79.9. The second kappa shape index (κ2) is 5.68. The summed E-state index contributed by atoms with van der Waals surface area (Å²) in [6.07, 6.45) is 1.01. The minimum Gasteiger partial charge on any atom is -0.379 e. The summed E-state index contributed by atoms with van der Waals surface area (Å²) in [6.45, 7) is 4.25. The largest absolute Gasteiger partial charge is 0.379 e. The van der Waals surface area contributed by atoms with E-state index in [4.69, 9.17) is 4.74 Å². The highest BCUT2D eigenvalue weighted by Crippen LogP contribution is 2.42. The predicted molar refractivity (Wildman–Crippen MR) is 74.3 cm³/mol. The van der Waals surface area contributed by atoms with Crippen molar-refractivity contribution >= 4 is 15.9 Å². The molecule has 0 amide bonds. The van der Waals surface area contributed by atoms with Crippen molar-refractivity contribution in [3.63, 3.8) is 0 Å². The van der Waals surface area contributed by atoms with Crippen LogP contribution in [0.2, 0.25) is 0 Å². The second-order valence-electron chi connectivity index (χ2n) is 4.94. The van der Waals surface area contributed by atoms with E-state index in [-0.39, 0.29) is 11.2 Å². The average Bonchev–Trinajstić information content (AvgIpc) is 2.31. The summed E-state index contributed by atoms with van der Waals surface area (Å²) in [7, 11) is 1.94. The Hall–Kier alpha value is -0.450. The number of halogens is 2. The van der Waals surface area contributed by atoms with Crippen molar-refractivity contribution in [2.24, 2.45) is 5.92 Å². The molecule has 2 nitrogen and oxygen atoms in total. The first kappa shape index (κ1) is 14.0. The van der Waals surface area contributed by atoms with Gasteiger partial charge in [0.05, 0.1) is 13.2 Å². The summed E-state index contributed by atoms with van der Waals surface area (Å²) in [4.78, 5) is 0. The molecular formula is C14H19BrFNO. The zero-order valence-electron chi connectivity index (χ0n) is 10.8. The quantitative estimate of drug-likeness (QED) is 0.901. The molecule has 4 heteroatoms. The minimum absolute atomic E-state index is 0.129. The molecular weight excluding hydrogens is 297 g/mol. The Labute approximate surface area is 116 Å². The Morgan fingerprint density at radius 3 is 2.72 bits per heavy atom. The van der Waals surface area contributed by atoms with E-state index in [1.165, 1.54) is 6.07 Å². The Kier molecular flexibility index (Phi) is 4.41. The van der Waals surface area contributed by atoms with Crippen molar-refractivity contribution in [1.29, 1.82) is 0 Å². The molecule has 0 radical (unpaired) electrons. The van der Waals surface area contributed by atoms with Gasteiger partial charge in [-0.2, -0.15) is 0 Å². The fourth-order valence-electron chi connectivity index (χ4n) is 2.79. The van der Waals surface area contributed by atoms with Crippen molar-refractivity contribution < 1.29 is 9.13 Å². The van der Waals surface area contributed by atoms with Crippen molar-refractivity contribution in [3.8, 4) is 0 Å². The van der Waals surface area contributed by atoms with Gasteiger partial charge in [-0.25, -0.2) is 4.39 Å². The maximum absolute atomic E-state index is 14.1. The van der Waals surface area contributed by atoms with E-state index in [1.54, 1.807) is 6.07 Å². The van der Waals surface area contributed by atoms with Crippen molar-refractivity contribution in [2.75, 3.05) is 26.8 Å². The number of hydrogen-bond donors (Lipinski definition) is 1. The molecule has 1 heterocycles. The Balaban J connectivity index is 2.39. The van der Waals surface area contributed by atoms with Crippen LogP contribution in [0.4, 0.5) is 4.39 Å². The normalized spacial score (nSPS) is 19.3. The van der Waals surface area contributed by atoms with Gasteiger partial charge in [0.2, 0.25) is 0 Å². The molecule has 1 unspecified atom stereocenters. The lowest BCUT2D eigenvalue weighted by Crippen LogP contribution is -2.55. The molecule has 1 saturated heterocycles. The van der Waals surface area contributed by atoms with E-state index in [1.807, 2.05) is 13.1 Å². The van der Waals surface area contributed by atoms with E-state index in [2.05, 4.69) is 28.2 Å². The molecule has 1 atom stereocenters. The van der Waals surface area contributed by atoms with Crippen LogP contribution in [0.1, 0.15) is 18.9 Å². The van der Waals surface area contributed by atoms with Crippen LogP contribution < -0.4 is 5.32 Å². The van der Waals surface area contributed by atoms with Crippen LogP contribution in [-0.2, 0) is 10.2 Å². The molecule has 1 aliphatic rings. The zero-order valence-corrected chi connectivity index (χ0v) is 12.4. The van der Waals surface area contributed by atoms with Crippen LogP contribution >= 0.6 is 15.9 Å². The molecule has 1 fully saturated rings. The van der Waals surface area contributed by atoms with Gasteiger partial charge >= 0.3 is 0 Å². The van der Waals surface area contributed by atoms with E-state index in [0.29, 0.717) is 19.1 Å². The lowest BCUT2D eigenvalue weighted by molar-refractivity contribution is -0.0925. The summed E-state index contributed by atoms with van der Waals surface area (Å²) in [6, 6.07) is 5.17. The Bertz CT molecular complexity index is 420. The molecule has 2 rings (SSSR count). The first-order valence-electron chi connectivity index (χ1n) is 6.32. The lowest BCUT2D eigenvalue weighted by atomic mass is 9.67. The molecule has 18 heavy (non-hydrogen) atoms. The summed E-state index contributed by atoms with van der Waals surface area (Å²) in [5.74, 6) is 0.260. The van der Waals surface area contributed by atoms with Crippen LogP contribution in [0.25, 0.3) is 0 Å². The van der Waals surface area contributed by atoms with Crippen LogP contribution in [0.15, 0.2) is 22.7 Å². The van der Waals surface area contributed by atoms with E-state index < -0.39 is 0 Å². The third-order valence-corrected chi connectivity index (χ3v) is 4.40. The van der Waals surface area contributed by atoms with Gasteiger partial charge in [0, 0.05) is 15.5 Å². The Morgan fingerprint density at radius 1 is 1.50 bits per heavy atom. The second-order valence-corrected chi connectivity index (χ2v) is 5.85. The topological polar surface area (TPSA) is 21.3 Å². The van der Waals surface area contributed by atoms with Crippen molar-refractivity contribution in [1.82, 2.24) is 5.32 Å². The van der Waals surface area contributed by atoms with Gasteiger partial charge in [0.1, 0.15) is 5.82 Å². The van der Waals surface area contributed by atoms with Crippen LogP contribution in [-0.4, -0.2) is 26.8 Å². The van der Waals surface area contributed by atoms with Crippen LogP contribution in [0, 0.1) is 11.7 Å². The van der Waals surface area contributed by atoms with Gasteiger partial charge in [-0.1, -0.05) is 29.3 Å². The highest BCUT2D eigenvalue weighted by molar-refractivity contribution is 9.10. The van der Waals surface area contributed by atoms with Crippen LogP contribution in [0.3, 0.4) is 0 Å². The first-order valence-corrected chi connectivity index (χ1v) is 7.11. The number of hydrogen-bond acceptors (Lipinski definition) is 2. The number of nitrogens with one attached hydrogen (secondary N) is 1. The number of rotatable bonds is 5. The first-order chi connectivity index (χ1) is 8.64. The lowest BCUT2D eigenvalue weighted by Gasteiger charge is -2.47. The molecule has 0 spiro atoms. The maximum Gasteiger partial charge on any atom is 0.127 e. The summed E-state index contributed by atoms with van der Waals surface area (Å²) in [5.41, 5.74) is 0.608. The maximum atomic E-state index is 14.1. The Morgan fingerprint density at radius 2 is 2.22 bits per heavy atom. The smallest absolute Gasteiger partial charge is 0.127 e. The molecule has 0 aliphatic carbocycles. The van der Waals surface area contributed by atoms with Crippen molar-refractivity contribution in [3.05, 3.63) is 34.1 Å². The SMILES string of the molecule is CCC(CNC)C1(c2cc(Br)ccc2F)COC1. The minimum atomic E-state index is -0.175. The third-order valence-electron chi connectivity index (χ3n) is 3.91.